The summed E-state index contributed by atoms with van der Waals surface area (Å²) in [6, 6.07) is 4.05. The molecule has 0 spiro atoms. The summed E-state index contributed by atoms with van der Waals surface area (Å²) in [6.07, 6.45) is -3.33. The van der Waals surface area contributed by atoms with Crippen LogP contribution in [-0.2, 0) is 9.53 Å². The minimum Gasteiger partial charge on any atom is -0.478 e. The summed E-state index contributed by atoms with van der Waals surface area (Å²) in [5.41, 5.74) is -0.144. The van der Waals surface area contributed by atoms with Gasteiger partial charge in [-0.25, -0.2) is 4.79 Å². The van der Waals surface area contributed by atoms with E-state index in [2.05, 4.69) is 4.74 Å². The summed E-state index contributed by atoms with van der Waals surface area (Å²) in [6.45, 7) is 1.78. The summed E-state index contributed by atoms with van der Waals surface area (Å²) >= 11 is 5.87. The molecule has 0 heterocycles. The van der Waals surface area contributed by atoms with E-state index >= 15 is 0 Å². The molecule has 2 unspecified atom stereocenters. The van der Waals surface area contributed by atoms with Crippen molar-refractivity contribution in [3.8, 4) is 0 Å². The normalized spacial score (nSPS) is 13.6. The molecule has 2 atom stereocenters. The third-order valence-electron chi connectivity index (χ3n) is 2.62. The van der Waals surface area contributed by atoms with Crippen LogP contribution in [-0.4, -0.2) is 40.0 Å². The Balaban J connectivity index is 2.91. The Morgan fingerprint density at radius 2 is 2.00 bits per heavy atom. The Morgan fingerprint density at radius 1 is 1.35 bits per heavy atom. The maximum atomic E-state index is 11.2. The summed E-state index contributed by atoms with van der Waals surface area (Å²) in [5, 5.41) is 28.5. The number of rotatable bonds is 6. The number of halogens is 1. The predicted octanol–water partition coefficient (Wildman–Crippen LogP) is 1.39. The van der Waals surface area contributed by atoms with Crippen LogP contribution in [0.2, 0.25) is 5.02 Å². The zero-order valence-electron chi connectivity index (χ0n) is 10.7. The molecule has 20 heavy (non-hydrogen) atoms. The van der Waals surface area contributed by atoms with Crippen molar-refractivity contribution in [2.24, 2.45) is 0 Å². The van der Waals surface area contributed by atoms with Crippen molar-refractivity contribution in [1.82, 2.24) is 0 Å². The number of carboxylic acid groups (broad SMARTS) is 1. The summed E-state index contributed by atoms with van der Waals surface area (Å²) in [7, 11) is 0. The number of aromatic carboxylic acids is 1. The van der Waals surface area contributed by atoms with E-state index < -0.39 is 30.6 Å². The molecule has 0 fully saturated rings. The van der Waals surface area contributed by atoms with E-state index in [0.717, 1.165) is 0 Å². The number of esters is 1. The van der Waals surface area contributed by atoms with E-state index in [-0.39, 0.29) is 22.8 Å². The fourth-order valence-electron chi connectivity index (χ4n) is 1.65. The quantitative estimate of drug-likeness (QED) is 0.686. The average Bonchev–Trinajstić information content (AvgIpc) is 2.38. The molecule has 0 aliphatic heterocycles. The van der Waals surface area contributed by atoms with Gasteiger partial charge in [-0.05, 0) is 13.0 Å². The van der Waals surface area contributed by atoms with Crippen LogP contribution < -0.4 is 0 Å². The highest BCUT2D eigenvalue weighted by Crippen LogP contribution is 2.29. The van der Waals surface area contributed by atoms with Gasteiger partial charge in [-0.1, -0.05) is 23.7 Å². The first-order chi connectivity index (χ1) is 9.38. The summed E-state index contributed by atoms with van der Waals surface area (Å²) in [4.78, 5) is 22.2. The molecular weight excluding hydrogens is 288 g/mol. The predicted molar refractivity (Wildman–Crippen MR) is 70.6 cm³/mol. The first-order valence-corrected chi connectivity index (χ1v) is 6.29. The molecule has 1 aromatic carbocycles. The molecule has 0 saturated carbocycles. The highest BCUT2D eigenvalue weighted by atomic mass is 35.5. The van der Waals surface area contributed by atoms with E-state index in [4.69, 9.17) is 16.7 Å². The van der Waals surface area contributed by atoms with Crippen LogP contribution in [0.5, 0.6) is 0 Å². The fourth-order valence-corrected chi connectivity index (χ4v) is 1.97. The van der Waals surface area contributed by atoms with Crippen molar-refractivity contribution >= 4 is 23.5 Å². The fraction of sp³-hybridized carbons (Fsp3) is 0.385. The zero-order valence-corrected chi connectivity index (χ0v) is 11.5. The number of aliphatic hydroxyl groups is 2. The molecule has 0 bridgehead atoms. The third kappa shape index (κ3) is 3.93. The molecule has 1 aromatic rings. The summed E-state index contributed by atoms with van der Waals surface area (Å²) < 4.78 is 4.65. The first kappa shape index (κ1) is 16.4. The first-order valence-electron chi connectivity index (χ1n) is 5.91. The second kappa shape index (κ2) is 7.23. The van der Waals surface area contributed by atoms with Crippen LogP contribution in [0.15, 0.2) is 18.2 Å². The molecule has 0 radical (unpaired) electrons. The Morgan fingerprint density at radius 3 is 2.55 bits per heavy atom. The van der Waals surface area contributed by atoms with Gasteiger partial charge in [0.05, 0.1) is 29.7 Å². The van der Waals surface area contributed by atoms with Crippen molar-refractivity contribution in [3.05, 3.63) is 34.3 Å². The van der Waals surface area contributed by atoms with Gasteiger partial charge in [-0.3, -0.25) is 4.79 Å². The molecule has 0 amide bonds. The molecule has 0 saturated heterocycles. The smallest absolute Gasteiger partial charge is 0.337 e. The Kier molecular flexibility index (Phi) is 5.94. The number of aliphatic hydroxyl groups excluding tert-OH is 2. The van der Waals surface area contributed by atoms with Gasteiger partial charge >= 0.3 is 11.9 Å². The molecule has 7 heteroatoms. The molecule has 1 rings (SSSR count). The zero-order chi connectivity index (χ0) is 15.3. The van der Waals surface area contributed by atoms with Crippen LogP contribution >= 0.6 is 11.6 Å². The van der Waals surface area contributed by atoms with Crippen molar-refractivity contribution in [2.75, 3.05) is 6.61 Å². The van der Waals surface area contributed by atoms with Crippen molar-refractivity contribution in [3.63, 3.8) is 0 Å². The Hall–Kier alpha value is -1.63. The average molecular weight is 303 g/mol. The monoisotopic (exact) mass is 302 g/mol. The van der Waals surface area contributed by atoms with Crippen LogP contribution in [0.4, 0.5) is 0 Å². The van der Waals surface area contributed by atoms with Crippen molar-refractivity contribution < 1.29 is 29.6 Å². The number of carboxylic acids is 1. The second-order valence-corrected chi connectivity index (χ2v) is 4.41. The SMILES string of the molecule is CCOC(=O)CC(O)C(O)c1cccc(C(=O)O)c1Cl. The number of ether oxygens (including phenoxy) is 1. The molecular formula is C13H15ClO6. The van der Waals surface area contributed by atoms with Crippen LogP contribution in [0, 0.1) is 0 Å². The van der Waals surface area contributed by atoms with E-state index in [9.17, 15) is 19.8 Å². The lowest BCUT2D eigenvalue weighted by atomic mass is 10.00. The molecule has 0 aromatic heterocycles. The number of hydrogen-bond donors (Lipinski definition) is 3. The van der Waals surface area contributed by atoms with Gasteiger partial charge in [0, 0.05) is 5.56 Å². The van der Waals surface area contributed by atoms with Crippen molar-refractivity contribution in [1.29, 1.82) is 0 Å². The lowest BCUT2D eigenvalue weighted by Crippen LogP contribution is -2.23. The molecule has 6 nitrogen and oxygen atoms in total. The van der Waals surface area contributed by atoms with Gasteiger partial charge in [0.1, 0.15) is 6.10 Å². The van der Waals surface area contributed by atoms with Gasteiger partial charge in [-0.15, -0.1) is 0 Å². The van der Waals surface area contributed by atoms with Gasteiger partial charge in [0.25, 0.3) is 0 Å². The molecule has 3 N–H and O–H groups in total. The van der Waals surface area contributed by atoms with Gasteiger partial charge < -0.3 is 20.1 Å². The van der Waals surface area contributed by atoms with E-state index in [1.165, 1.54) is 18.2 Å². The lowest BCUT2D eigenvalue weighted by Gasteiger charge is -2.19. The minimum absolute atomic E-state index is 0.0448. The van der Waals surface area contributed by atoms with Gasteiger partial charge in [0.15, 0.2) is 0 Å². The largest absolute Gasteiger partial charge is 0.478 e. The highest BCUT2D eigenvalue weighted by Gasteiger charge is 2.25. The molecule has 0 aliphatic carbocycles. The third-order valence-corrected chi connectivity index (χ3v) is 3.05. The maximum absolute atomic E-state index is 11.2. The minimum atomic E-state index is -1.48. The van der Waals surface area contributed by atoms with Crippen LogP contribution in [0.1, 0.15) is 35.4 Å². The summed E-state index contributed by atoms with van der Waals surface area (Å²) in [5.74, 6) is -1.91. The standard InChI is InChI=1S/C13H15ClO6/c1-2-20-10(16)6-9(15)12(17)7-4-3-5-8(11(7)14)13(18)19/h3-5,9,12,15,17H,2,6H2,1H3,(H,18,19). The number of carbonyl (C=O) groups excluding carboxylic acids is 1. The van der Waals surface area contributed by atoms with Crippen LogP contribution in [0.3, 0.4) is 0 Å². The maximum Gasteiger partial charge on any atom is 0.337 e. The number of carbonyl (C=O) groups is 2. The molecule has 110 valence electrons. The Bertz CT molecular complexity index is 502. The topological polar surface area (TPSA) is 104 Å². The van der Waals surface area contributed by atoms with E-state index in [1.54, 1.807) is 6.92 Å². The Labute approximate surface area is 120 Å². The lowest BCUT2D eigenvalue weighted by molar-refractivity contribution is -0.147. The van der Waals surface area contributed by atoms with E-state index in [0.29, 0.717) is 0 Å². The van der Waals surface area contributed by atoms with Gasteiger partial charge in [-0.2, -0.15) is 0 Å². The van der Waals surface area contributed by atoms with Crippen molar-refractivity contribution in [2.45, 2.75) is 25.6 Å². The number of hydrogen-bond acceptors (Lipinski definition) is 5. The second-order valence-electron chi connectivity index (χ2n) is 4.04. The van der Waals surface area contributed by atoms with E-state index in [1.807, 2.05) is 0 Å². The van der Waals surface area contributed by atoms with Gasteiger partial charge in [0.2, 0.25) is 0 Å². The molecule has 0 aliphatic rings. The highest BCUT2D eigenvalue weighted by molar-refractivity contribution is 6.34. The number of benzene rings is 1. The van der Waals surface area contributed by atoms with Crippen LogP contribution in [0.25, 0.3) is 0 Å².